The van der Waals surface area contributed by atoms with Crippen molar-refractivity contribution in [2.75, 3.05) is 13.1 Å². The molecule has 1 aliphatic heterocycles. The predicted octanol–water partition coefficient (Wildman–Crippen LogP) is 3.07. The molecule has 3 nitrogen and oxygen atoms in total. The number of ketones is 1. The summed E-state index contributed by atoms with van der Waals surface area (Å²) < 4.78 is 0. The Hall–Kier alpha value is -0.740. The molecule has 0 radical (unpaired) electrons. The molecule has 2 rings (SSSR count). The van der Waals surface area contributed by atoms with E-state index in [9.17, 15) is 4.79 Å². The molecule has 0 N–H and O–H groups in total. The lowest BCUT2D eigenvalue weighted by molar-refractivity contribution is 0.102. The summed E-state index contributed by atoms with van der Waals surface area (Å²) in [6, 6.07) is 0.701. The van der Waals surface area contributed by atoms with Crippen LogP contribution in [0, 0.1) is 6.92 Å². The van der Waals surface area contributed by atoms with Crippen LogP contribution < -0.4 is 0 Å². The van der Waals surface area contributed by atoms with Gasteiger partial charge in [0.15, 0.2) is 5.78 Å². The minimum Gasteiger partial charge on any atom is -0.300 e. The molecule has 100 valence electrons. The summed E-state index contributed by atoms with van der Waals surface area (Å²) in [6.07, 6.45) is 4.97. The average Bonchev–Trinajstić information content (AvgIpc) is 2.70. The molecule has 0 amide bonds. The van der Waals surface area contributed by atoms with E-state index in [-0.39, 0.29) is 5.78 Å². The zero-order chi connectivity index (χ0) is 13.1. The van der Waals surface area contributed by atoms with Gasteiger partial charge >= 0.3 is 0 Å². The number of aromatic nitrogens is 1. The van der Waals surface area contributed by atoms with Crippen LogP contribution in [0.3, 0.4) is 0 Å². The molecule has 1 aliphatic rings. The first kappa shape index (κ1) is 13.7. The SMILES string of the molecule is CC(=O)c1sc(CCN2CCCCC2C)nc1C. The van der Waals surface area contributed by atoms with Crippen molar-refractivity contribution >= 4 is 17.1 Å². The van der Waals surface area contributed by atoms with Crippen molar-refractivity contribution in [2.24, 2.45) is 0 Å². The van der Waals surface area contributed by atoms with E-state index < -0.39 is 0 Å². The van der Waals surface area contributed by atoms with E-state index in [1.165, 1.54) is 25.8 Å². The van der Waals surface area contributed by atoms with E-state index in [1.807, 2.05) is 6.92 Å². The largest absolute Gasteiger partial charge is 0.300 e. The number of carbonyl (C=O) groups is 1. The van der Waals surface area contributed by atoms with Crippen LogP contribution in [0.5, 0.6) is 0 Å². The lowest BCUT2D eigenvalue weighted by Crippen LogP contribution is -2.38. The zero-order valence-electron chi connectivity index (χ0n) is 11.5. The molecule has 1 aromatic rings. The van der Waals surface area contributed by atoms with Gasteiger partial charge in [-0.1, -0.05) is 6.42 Å². The van der Waals surface area contributed by atoms with Gasteiger partial charge in [0, 0.05) is 25.9 Å². The van der Waals surface area contributed by atoms with Crippen molar-refractivity contribution in [3.8, 4) is 0 Å². The van der Waals surface area contributed by atoms with Gasteiger partial charge in [-0.25, -0.2) is 4.98 Å². The van der Waals surface area contributed by atoms with E-state index in [0.717, 1.165) is 28.5 Å². The molecule has 0 aliphatic carbocycles. The second kappa shape index (κ2) is 5.93. The van der Waals surface area contributed by atoms with Gasteiger partial charge in [-0.15, -0.1) is 11.3 Å². The number of piperidine rings is 1. The highest BCUT2D eigenvalue weighted by Crippen LogP contribution is 2.21. The van der Waals surface area contributed by atoms with Crippen LogP contribution in [0.15, 0.2) is 0 Å². The molecule has 1 aromatic heterocycles. The summed E-state index contributed by atoms with van der Waals surface area (Å²) in [5, 5.41) is 1.11. The second-order valence-corrected chi connectivity index (χ2v) is 6.29. The van der Waals surface area contributed by atoms with Gasteiger partial charge < -0.3 is 4.90 Å². The molecule has 1 fully saturated rings. The number of Topliss-reactive ketones (excluding diaryl/α,β-unsaturated/α-hetero) is 1. The molecule has 0 saturated carbocycles. The topological polar surface area (TPSA) is 33.2 Å². The maximum Gasteiger partial charge on any atom is 0.171 e. The molecule has 2 heterocycles. The summed E-state index contributed by atoms with van der Waals surface area (Å²) in [4.78, 5) is 19.3. The van der Waals surface area contributed by atoms with Gasteiger partial charge in [-0.3, -0.25) is 4.79 Å². The van der Waals surface area contributed by atoms with Gasteiger partial charge in [0.25, 0.3) is 0 Å². The standard InChI is InChI=1S/C14H22N2OS/c1-10-6-4-5-8-16(10)9-7-13-15-11(2)14(18-13)12(3)17/h10H,4-9H2,1-3H3. The maximum absolute atomic E-state index is 11.4. The third-order valence-electron chi connectivity index (χ3n) is 3.71. The molecular weight excluding hydrogens is 244 g/mol. The first-order chi connectivity index (χ1) is 8.58. The van der Waals surface area contributed by atoms with Gasteiger partial charge in [0.2, 0.25) is 0 Å². The number of carbonyl (C=O) groups excluding carboxylic acids is 1. The van der Waals surface area contributed by atoms with E-state index in [4.69, 9.17) is 0 Å². The Bertz CT molecular complexity index is 427. The molecule has 1 saturated heterocycles. The summed E-state index contributed by atoms with van der Waals surface area (Å²) >= 11 is 1.57. The summed E-state index contributed by atoms with van der Waals surface area (Å²) in [5.41, 5.74) is 0.897. The number of rotatable bonds is 4. The van der Waals surface area contributed by atoms with Gasteiger partial charge in [-0.05, 0) is 33.2 Å². The Kier molecular flexibility index (Phi) is 4.51. The molecule has 1 atom stereocenters. The second-order valence-electron chi connectivity index (χ2n) is 5.21. The van der Waals surface area contributed by atoms with Crippen LogP contribution in [-0.4, -0.2) is 34.8 Å². The normalized spacial score (nSPS) is 21.2. The van der Waals surface area contributed by atoms with E-state index >= 15 is 0 Å². The first-order valence-corrected chi connectivity index (χ1v) is 7.61. The van der Waals surface area contributed by atoms with E-state index in [0.29, 0.717) is 6.04 Å². The van der Waals surface area contributed by atoms with Crippen molar-refractivity contribution in [3.63, 3.8) is 0 Å². The fourth-order valence-electron chi connectivity index (χ4n) is 2.61. The summed E-state index contributed by atoms with van der Waals surface area (Å²) in [7, 11) is 0. The van der Waals surface area contributed by atoms with Crippen LogP contribution in [0.1, 0.15) is 53.5 Å². The van der Waals surface area contributed by atoms with Crippen LogP contribution in [0.25, 0.3) is 0 Å². The molecule has 0 bridgehead atoms. The number of likely N-dealkylation sites (tertiary alicyclic amines) is 1. The van der Waals surface area contributed by atoms with Gasteiger partial charge in [-0.2, -0.15) is 0 Å². The first-order valence-electron chi connectivity index (χ1n) is 6.79. The average molecular weight is 266 g/mol. The number of hydrogen-bond donors (Lipinski definition) is 0. The molecule has 0 aromatic carbocycles. The van der Waals surface area contributed by atoms with Crippen molar-refractivity contribution < 1.29 is 4.79 Å². The Balaban J connectivity index is 1.93. The van der Waals surface area contributed by atoms with Crippen molar-refractivity contribution in [1.82, 2.24) is 9.88 Å². The number of aryl methyl sites for hydroxylation is 1. The van der Waals surface area contributed by atoms with Crippen molar-refractivity contribution in [2.45, 2.75) is 52.5 Å². The molecule has 4 heteroatoms. The Morgan fingerprint density at radius 1 is 1.50 bits per heavy atom. The fourth-order valence-corrected chi connectivity index (χ4v) is 3.56. The Morgan fingerprint density at radius 2 is 2.28 bits per heavy atom. The Morgan fingerprint density at radius 3 is 2.89 bits per heavy atom. The predicted molar refractivity (Wildman–Crippen MR) is 75.4 cm³/mol. The lowest BCUT2D eigenvalue weighted by atomic mass is 10.0. The monoisotopic (exact) mass is 266 g/mol. The highest BCUT2D eigenvalue weighted by atomic mass is 32.1. The van der Waals surface area contributed by atoms with Crippen LogP contribution in [-0.2, 0) is 6.42 Å². The third kappa shape index (κ3) is 3.18. The number of thiazole rings is 1. The minimum atomic E-state index is 0.141. The van der Waals surface area contributed by atoms with E-state index in [1.54, 1.807) is 18.3 Å². The molecule has 1 unspecified atom stereocenters. The molecule has 18 heavy (non-hydrogen) atoms. The molecule has 0 spiro atoms. The van der Waals surface area contributed by atoms with Crippen molar-refractivity contribution in [3.05, 3.63) is 15.6 Å². The quantitative estimate of drug-likeness (QED) is 0.785. The van der Waals surface area contributed by atoms with E-state index in [2.05, 4.69) is 16.8 Å². The van der Waals surface area contributed by atoms with Crippen LogP contribution >= 0.6 is 11.3 Å². The highest BCUT2D eigenvalue weighted by Gasteiger charge is 2.18. The smallest absolute Gasteiger partial charge is 0.171 e. The third-order valence-corrected chi connectivity index (χ3v) is 5.03. The summed E-state index contributed by atoms with van der Waals surface area (Å²) in [5.74, 6) is 0.141. The van der Waals surface area contributed by atoms with Crippen LogP contribution in [0.4, 0.5) is 0 Å². The van der Waals surface area contributed by atoms with Gasteiger partial charge in [0.05, 0.1) is 15.6 Å². The number of hydrogen-bond acceptors (Lipinski definition) is 4. The molecular formula is C14H22N2OS. The lowest BCUT2D eigenvalue weighted by Gasteiger charge is -2.32. The Labute approximate surface area is 113 Å². The minimum absolute atomic E-state index is 0.141. The maximum atomic E-state index is 11.4. The zero-order valence-corrected chi connectivity index (χ0v) is 12.3. The summed E-state index contributed by atoms with van der Waals surface area (Å²) in [6.45, 7) is 8.15. The van der Waals surface area contributed by atoms with Crippen LogP contribution in [0.2, 0.25) is 0 Å². The number of nitrogens with zero attached hydrogens (tertiary/aromatic N) is 2. The highest BCUT2D eigenvalue weighted by molar-refractivity contribution is 7.13. The van der Waals surface area contributed by atoms with Crippen molar-refractivity contribution in [1.29, 1.82) is 0 Å². The van der Waals surface area contributed by atoms with Gasteiger partial charge in [0.1, 0.15) is 0 Å². The fraction of sp³-hybridized carbons (Fsp3) is 0.714.